The quantitative estimate of drug-likeness (QED) is 0.884. The first-order valence-corrected chi connectivity index (χ1v) is 7.61. The van der Waals surface area contributed by atoms with Crippen molar-refractivity contribution in [1.29, 1.82) is 0 Å². The molecule has 7 nitrogen and oxygen atoms in total. The number of amides is 1. The van der Waals surface area contributed by atoms with Crippen LogP contribution in [0.1, 0.15) is 6.92 Å². The predicted octanol–water partition coefficient (Wildman–Crippen LogP) is 0.833. The number of morpholine rings is 1. The molecule has 21 heavy (non-hydrogen) atoms. The number of hydrogen-bond acceptors (Lipinski definition) is 5. The van der Waals surface area contributed by atoms with Gasteiger partial charge in [0.25, 0.3) is 0 Å². The van der Waals surface area contributed by atoms with Crippen molar-refractivity contribution in [3.8, 4) is 0 Å². The van der Waals surface area contributed by atoms with Gasteiger partial charge in [-0.05, 0) is 22.9 Å². The maximum absolute atomic E-state index is 12.2. The normalized spacial score (nSPS) is 19.0. The van der Waals surface area contributed by atoms with Gasteiger partial charge in [-0.3, -0.25) is 4.79 Å². The molecule has 1 aliphatic rings. The molecule has 1 amide bonds. The van der Waals surface area contributed by atoms with E-state index in [0.29, 0.717) is 36.7 Å². The van der Waals surface area contributed by atoms with Crippen LogP contribution in [0.4, 0.5) is 5.82 Å². The van der Waals surface area contributed by atoms with Gasteiger partial charge in [0.2, 0.25) is 5.91 Å². The van der Waals surface area contributed by atoms with E-state index in [9.17, 15) is 4.79 Å². The number of carbonyl (C=O) groups excluding carboxylic acids is 1. The molecule has 1 saturated heterocycles. The summed E-state index contributed by atoms with van der Waals surface area (Å²) in [5, 5.41) is 2.84. The zero-order valence-electron chi connectivity index (χ0n) is 11.6. The number of likely N-dealkylation sites (N-methyl/N-ethyl adjacent to an activating group) is 1. The van der Waals surface area contributed by atoms with E-state index in [-0.39, 0.29) is 11.9 Å². The summed E-state index contributed by atoms with van der Waals surface area (Å²) >= 11 is 3.40. The lowest BCUT2D eigenvalue weighted by Crippen LogP contribution is -2.54. The highest BCUT2D eigenvalue weighted by molar-refractivity contribution is 9.10. The van der Waals surface area contributed by atoms with Crippen molar-refractivity contribution in [3.05, 3.63) is 23.2 Å². The number of rotatable bonds is 3. The highest BCUT2D eigenvalue weighted by Gasteiger charge is 2.31. The lowest BCUT2D eigenvalue weighted by atomic mass is 10.2. The third-order valence-electron chi connectivity index (χ3n) is 3.38. The number of ether oxygens (including phenoxy) is 1. The summed E-state index contributed by atoms with van der Waals surface area (Å²) in [6.45, 7) is 4.02. The monoisotopic (exact) mass is 353 g/mol. The van der Waals surface area contributed by atoms with E-state index in [1.807, 2.05) is 28.6 Å². The van der Waals surface area contributed by atoms with Gasteiger partial charge < -0.3 is 19.4 Å². The summed E-state index contributed by atoms with van der Waals surface area (Å²) < 4.78 is 8.04. The number of hydrogen-bond donors (Lipinski definition) is 1. The lowest BCUT2D eigenvalue weighted by molar-refractivity contribution is -0.124. The van der Waals surface area contributed by atoms with E-state index in [0.717, 1.165) is 5.65 Å². The molecule has 0 aliphatic carbocycles. The van der Waals surface area contributed by atoms with Crippen LogP contribution in [0.25, 0.3) is 5.65 Å². The topological polar surface area (TPSA) is 71.8 Å². The van der Waals surface area contributed by atoms with Gasteiger partial charge in [-0.1, -0.05) is 0 Å². The van der Waals surface area contributed by atoms with Crippen molar-refractivity contribution in [3.63, 3.8) is 0 Å². The van der Waals surface area contributed by atoms with Crippen LogP contribution in [0.15, 0.2) is 23.2 Å². The minimum atomic E-state index is -0.388. The number of nitrogens with zero attached hydrogens (tertiary/aromatic N) is 4. The Labute approximate surface area is 130 Å². The second kappa shape index (κ2) is 5.98. The van der Waals surface area contributed by atoms with E-state index >= 15 is 0 Å². The average Bonchev–Trinajstić information content (AvgIpc) is 2.94. The smallest absolute Gasteiger partial charge is 0.245 e. The SMILES string of the molecule is CCNC(=O)C1COCCN1c1nc(Br)cn2ccnc12. The molecule has 0 bridgehead atoms. The van der Waals surface area contributed by atoms with Crippen molar-refractivity contribution >= 4 is 33.3 Å². The van der Waals surface area contributed by atoms with Crippen LogP contribution < -0.4 is 10.2 Å². The van der Waals surface area contributed by atoms with E-state index in [1.54, 1.807) is 6.20 Å². The van der Waals surface area contributed by atoms with E-state index in [1.165, 1.54) is 0 Å². The molecule has 0 aromatic carbocycles. The molecule has 3 rings (SSSR count). The molecule has 1 atom stereocenters. The third-order valence-corrected chi connectivity index (χ3v) is 3.76. The van der Waals surface area contributed by atoms with Gasteiger partial charge in [0.15, 0.2) is 11.5 Å². The lowest BCUT2D eigenvalue weighted by Gasteiger charge is -2.35. The molecule has 0 saturated carbocycles. The van der Waals surface area contributed by atoms with Gasteiger partial charge in [-0.2, -0.15) is 0 Å². The number of aromatic nitrogens is 3. The molecule has 0 radical (unpaired) electrons. The van der Waals surface area contributed by atoms with Gasteiger partial charge >= 0.3 is 0 Å². The Morgan fingerprint density at radius 1 is 1.62 bits per heavy atom. The molecule has 1 unspecified atom stereocenters. The highest BCUT2D eigenvalue weighted by Crippen LogP contribution is 2.24. The highest BCUT2D eigenvalue weighted by atomic mass is 79.9. The van der Waals surface area contributed by atoms with Gasteiger partial charge in [0, 0.05) is 31.7 Å². The Morgan fingerprint density at radius 2 is 2.48 bits per heavy atom. The van der Waals surface area contributed by atoms with Crippen LogP contribution in [0.5, 0.6) is 0 Å². The van der Waals surface area contributed by atoms with Crippen LogP contribution in [0.2, 0.25) is 0 Å². The summed E-state index contributed by atoms with van der Waals surface area (Å²) in [5.41, 5.74) is 0.731. The standard InChI is InChI=1S/C13H16BrN5O2/c1-2-15-13(20)9-8-21-6-5-19(9)12-11-16-3-4-18(11)7-10(14)17-12/h3-4,7,9H,2,5-6,8H2,1H3,(H,15,20). The zero-order valence-corrected chi connectivity index (χ0v) is 13.2. The van der Waals surface area contributed by atoms with Crippen LogP contribution in [-0.2, 0) is 9.53 Å². The number of carbonyl (C=O) groups is 1. The fourth-order valence-corrected chi connectivity index (χ4v) is 2.83. The number of imidazole rings is 1. The largest absolute Gasteiger partial charge is 0.377 e. The van der Waals surface area contributed by atoms with Gasteiger partial charge in [0.1, 0.15) is 10.6 Å². The molecule has 3 heterocycles. The molecule has 1 aliphatic heterocycles. The minimum absolute atomic E-state index is 0.0521. The first-order valence-electron chi connectivity index (χ1n) is 6.82. The molecule has 2 aromatic rings. The average molecular weight is 354 g/mol. The van der Waals surface area contributed by atoms with Crippen molar-refractivity contribution in [2.75, 3.05) is 31.2 Å². The fraction of sp³-hybridized carbons (Fsp3) is 0.462. The van der Waals surface area contributed by atoms with Crippen LogP contribution in [-0.4, -0.2) is 52.6 Å². The Hall–Kier alpha value is -1.67. The molecule has 0 spiro atoms. The summed E-state index contributed by atoms with van der Waals surface area (Å²) in [4.78, 5) is 23.1. The first-order chi connectivity index (χ1) is 10.2. The third kappa shape index (κ3) is 2.73. The Balaban J connectivity index is 2.02. The van der Waals surface area contributed by atoms with Gasteiger partial charge in [-0.15, -0.1) is 0 Å². The number of nitrogens with one attached hydrogen (secondary N) is 1. The second-order valence-electron chi connectivity index (χ2n) is 4.72. The van der Waals surface area contributed by atoms with Crippen molar-refractivity contribution in [2.24, 2.45) is 0 Å². The van der Waals surface area contributed by atoms with Crippen LogP contribution >= 0.6 is 15.9 Å². The van der Waals surface area contributed by atoms with Crippen molar-refractivity contribution in [2.45, 2.75) is 13.0 Å². The molecule has 2 aromatic heterocycles. The van der Waals surface area contributed by atoms with Crippen LogP contribution in [0.3, 0.4) is 0 Å². The molecular weight excluding hydrogens is 338 g/mol. The summed E-state index contributed by atoms with van der Waals surface area (Å²) in [7, 11) is 0. The summed E-state index contributed by atoms with van der Waals surface area (Å²) in [5.74, 6) is 0.637. The maximum Gasteiger partial charge on any atom is 0.245 e. The number of anilines is 1. The fourth-order valence-electron chi connectivity index (χ4n) is 2.44. The van der Waals surface area contributed by atoms with Crippen molar-refractivity contribution < 1.29 is 9.53 Å². The maximum atomic E-state index is 12.2. The summed E-state index contributed by atoms with van der Waals surface area (Å²) in [6, 6.07) is -0.388. The Morgan fingerprint density at radius 3 is 3.29 bits per heavy atom. The summed E-state index contributed by atoms with van der Waals surface area (Å²) in [6.07, 6.45) is 5.41. The molecule has 8 heteroatoms. The van der Waals surface area contributed by atoms with E-state index in [2.05, 4.69) is 31.2 Å². The van der Waals surface area contributed by atoms with E-state index < -0.39 is 0 Å². The van der Waals surface area contributed by atoms with Crippen molar-refractivity contribution in [1.82, 2.24) is 19.7 Å². The first kappa shape index (κ1) is 14.3. The number of halogens is 1. The van der Waals surface area contributed by atoms with Gasteiger partial charge in [0.05, 0.1) is 13.2 Å². The Kier molecular flexibility index (Phi) is 4.07. The number of fused-ring (bicyclic) bond motifs is 1. The predicted molar refractivity (Wildman–Crippen MR) is 81.3 cm³/mol. The Bertz CT molecular complexity index is 659. The molecule has 112 valence electrons. The molecule has 1 fully saturated rings. The zero-order chi connectivity index (χ0) is 14.8. The second-order valence-corrected chi connectivity index (χ2v) is 5.54. The van der Waals surface area contributed by atoms with E-state index in [4.69, 9.17) is 4.74 Å². The van der Waals surface area contributed by atoms with Gasteiger partial charge in [-0.25, -0.2) is 9.97 Å². The van der Waals surface area contributed by atoms with Crippen LogP contribution in [0, 0.1) is 0 Å². The minimum Gasteiger partial charge on any atom is -0.377 e. The molecular formula is C13H16BrN5O2. The molecule has 1 N–H and O–H groups in total.